The summed E-state index contributed by atoms with van der Waals surface area (Å²) in [5.41, 5.74) is 0.985. The predicted molar refractivity (Wildman–Crippen MR) is 82.9 cm³/mol. The lowest BCUT2D eigenvalue weighted by Crippen LogP contribution is -2.07. The number of aliphatic carboxylic acids is 1. The van der Waals surface area contributed by atoms with Gasteiger partial charge in [0.25, 0.3) is 0 Å². The third-order valence-corrected chi connectivity index (χ3v) is 4.19. The van der Waals surface area contributed by atoms with Gasteiger partial charge in [0.1, 0.15) is 5.82 Å². The Kier molecular flexibility index (Phi) is 5.64. The molecule has 0 spiro atoms. The van der Waals surface area contributed by atoms with Gasteiger partial charge in [0, 0.05) is 18.0 Å². The monoisotopic (exact) mass is 325 g/mol. The number of carbonyl (C=O) groups is 1. The molecule has 0 unspecified atom stereocenters. The zero-order valence-electron chi connectivity index (χ0n) is 11.6. The van der Waals surface area contributed by atoms with E-state index in [1.54, 1.807) is 0 Å². The molecule has 0 amide bonds. The average molecular weight is 326 g/mol. The minimum Gasteiger partial charge on any atom is -0.481 e. The van der Waals surface area contributed by atoms with Crippen LogP contribution in [0, 0.1) is 0 Å². The van der Waals surface area contributed by atoms with Crippen molar-refractivity contribution in [1.29, 1.82) is 0 Å². The van der Waals surface area contributed by atoms with E-state index in [1.807, 2.05) is 28.8 Å². The van der Waals surface area contributed by atoms with Crippen molar-refractivity contribution in [2.45, 2.75) is 31.5 Å². The van der Waals surface area contributed by atoms with Gasteiger partial charge >= 0.3 is 5.97 Å². The number of aromatic nitrogens is 3. The van der Waals surface area contributed by atoms with Crippen LogP contribution in [-0.2, 0) is 17.8 Å². The van der Waals surface area contributed by atoms with Gasteiger partial charge in [-0.05, 0) is 18.1 Å². The third-order valence-electron chi connectivity index (χ3n) is 2.87. The van der Waals surface area contributed by atoms with Crippen molar-refractivity contribution in [3.05, 3.63) is 40.7 Å². The first-order valence-corrected chi connectivity index (χ1v) is 7.98. The molecule has 7 heteroatoms. The largest absolute Gasteiger partial charge is 0.481 e. The van der Waals surface area contributed by atoms with Crippen LogP contribution in [0.2, 0.25) is 5.02 Å². The van der Waals surface area contributed by atoms with E-state index in [9.17, 15) is 4.79 Å². The van der Waals surface area contributed by atoms with Crippen molar-refractivity contribution in [2.24, 2.45) is 0 Å². The summed E-state index contributed by atoms with van der Waals surface area (Å²) in [4.78, 5) is 10.7. The van der Waals surface area contributed by atoms with Crippen molar-refractivity contribution in [1.82, 2.24) is 14.8 Å². The Balaban J connectivity index is 2.22. The molecule has 0 saturated heterocycles. The molecule has 0 aliphatic carbocycles. The number of carboxylic acids is 1. The molecule has 112 valence electrons. The van der Waals surface area contributed by atoms with Gasteiger partial charge in [0.15, 0.2) is 5.16 Å². The second-order valence-corrected chi connectivity index (χ2v) is 5.85. The Bertz CT molecular complexity index is 630. The number of carboxylic acid groups (broad SMARTS) is 1. The Hall–Kier alpha value is -1.53. The van der Waals surface area contributed by atoms with E-state index in [1.165, 1.54) is 11.8 Å². The summed E-state index contributed by atoms with van der Waals surface area (Å²) in [5, 5.41) is 18.4. The summed E-state index contributed by atoms with van der Waals surface area (Å²) in [5.74, 6) is -0.0787. The summed E-state index contributed by atoms with van der Waals surface area (Å²) in [6.45, 7) is 2.82. The second-order valence-electron chi connectivity index (χ2n) is 4.50. The van der Waals surface area contributed by atoms with Crippen LogP contribution in [0.25, 0.3) is 0 Å². The maximum absolute atomic E-state index is 10.7. The van der Waals surface area contributed by atoms with E-state index in [-0.39, 0.29) is 5.75 Å². The van der Waals surface area contributed by atoms with Gasteiger partial charge in [-0.15, -0.1) is 10.2 Å². The Morgan fingerprint density at radius 1 is 1.38 bits per heavy atom. The lowest BCUT2D eigenvalue weighted by atomic mass is 10.1. The highest BCUT2D eigenvalue weighted by Gasteiger charge is 2.14. The van der Waals surface area contributed by atoms with Gasteiger partial charge in [-0.25, -0.2) is 0 Å². The smallest absolute Gasteiger partial charge is 0.313 e. The third kappa shape index (κ3) is 4.22. The van der Waals surface area contributed by atoms with Gasteiger partial charge < -0.3 is 9.67 Å². The van der Waals surface area contributed by atoms with Crippen LogP contribution in [0.4, 0.5) is 0 Å². The highest BCUT2D eigenvalue weighted by molar-refractivity contribution is 7.99. The number of thioether (sulfide) groups is 1. The molecule has 0 radical (unpaired) electrons. The lowest BCUT2D eigenvalue weighted by Gasteiger charge is -2.09. The number of hydrogen-bond donors (Lipinski definition) is 1. The summed E-state index contributed by atoms with van der Waals surface area (Å²) >= 11 is 7.36. The first-order valence-electron chi connectivity index (χ1n) is 6.62. The predicted octanol–water partition coefficient (Wildman–Crippen LogP) is 3.11. The maximum atomic E-state index is 10.7. The topological polar surface area (TPSA) is 68.0 Å². The van der Waals surface area contributed by atoms with E-state index in [0.29, 0.717) is 16.6 Å². The van der Waals surface area contributed by atoms with Gasteiger partial charge in [-0.3, -0.25) is 4.79 Å². The summed E-state index contributed by atoms with van der Waals surface area (Å²) in [6.07, 6.45) is 1.51. The van der Waals surface area contributed by atoms with Crippen LogP contribution in [-0.4, -0.2) is 31.6 Å². The normalized spacial score (nSPS) is 10.8. The molecule has 21 heavy (non-hydrogen) atoms. The SMILES string of the molecule is CCCn1c(Cc2ccccc2Cl)nnc1SCC(=O)O. The van der Waals surface area contributed by atoms with E-state index < -0.39 is 5.97 Å². The minimum atomic E-state index is -0.862. The molecule has 0 aliphatic heterocycles. The average Bonchev–Trinajstić information content (AvgIpc) is 2.82. The molecule has 0 saturated carbocycles. The fourth-order valence-electron chi connectivity index (χ4n) is 1.94. The quantitative estimate of drug-likeness (QED) is 0.792. The van der Waals surface area contributed by atoms with Crippen molar-refractivity contribution in [3.8, 4) is 0 Å². The molecule has 1 aromatic heterocycles. The number of benzene rings is 1. The molecule has 0 fully saturated rings. The van der Waals surface area contributed by atoms with Crippen molar-refractivity contribution in [3.63, 3.8) is 0 Å². The van der Waals surface area contributed by atoms with E-state index in [0.717, 1.165) is 24.4 Å². The summed E-state index contributed by atoms with van der Waals surface area (Å²) in [6, 6.07) is 7.62. The van der Waals surface area contributed by atoms with Crippen molar-refractivity contribution >= 4 is 29.3 Å². The van der Waals surface area contributed by atoms with Crippen LogP contribution < -0.4 is 0 Å². The van der Waals surface area contributed by atoms with Crippen LogP contribution in [0.15, 0.2) is 29.4 Å². The highest BCUT2D eigenvalue weighted by atomic mass is 35.5. The van der Waals surface area contributed by atoms with Crippen LogP contribution in [0.1, 0.15) is 24.7 Å². The molecular formula is C14H16ClN3O2S. The van der Waals surface area contributed by atoms with Gasteiger partial charge in [0.2, 0.25) is 0 Å². The number of halogens is 1. The first kappa shape index (κ1) is 15.9. The molecule has 0 bridgehead atoms. The number of nitrogens with zero attached hydrogens (tertiary/aromatic N) is 3. The van der Waals surface area contributed by atoms with Crippen LogP contribution in [0.3, 0.4) is 0 Å². The molecule has 2 rings (SSSR count). The van der Waals surface area contributed by atoms with Gasteiger partial charge in [-0.1, -0.05) is 48.5 Å². The second kappa shape index (κ2) is 7.47. The van der Waals surface area contributed by atoms with Crippen LogP contribution >= 0.6 is 23.4 Å². The van der Waals surface area contributed by atoms with E-state index in [4.69, 9.17) is 16.7 Å². The molecule has 1 aromatic carbocycles. The van der Waals surface area contributed by atoms with Gasteiger partial charge in [0.05, 0.1) is 5.75 Å². The highest BCUT2D eigenvalue weighted by Crippen LogP contribution is 2.22. The number of hydrogen-bond acceptors (Lipinski definition) is 4. The molecular weight excluding hydrogens is 310 g/mol. The van der Waals surface area contributed by atoms with Crippen molar-refractivity contribution < 1.29 is 9.90 Å². The minimum absolute atomic E-state index is 0.0199. The lowest BCUT2D eigenvalue weighted by molar-refractivity contribution is -0.133. The molecule has 0 aliphatic rings. The Labute approximate surface area is 132 Å². The summed E-state index contributed by atoms with van der Waals surface area (Å²) in [7, 11) is 0. The summed E-state index contributed by atoms with van der Waals surface area (Å²) < 4.78 is 1.97. The Morgan fingerprint density at radius 2 is 2.14 bits per heavy atom. The van der Waals surface area contributed by atoms with E-state index in [2.05, 4.69) is 17.1 Å². The molecule has 5 nitrogen and oxygen atoms in total. The Morgan fingerprint density at radius 3 is 2.81 bits per heavy atom. The molecule has 1 N–H and O–H groups in total. The molecule has 2 aromatic rings. The maximum Gasteiger partial charge on any atom is 0.313 e. The van der Waals surface area contributed by atoms with E-state index >= 15 is 0 Å². The van der Waals surface area contributed by atoms with Gasteiger partial charge in [-0.2, -0.15) is 0 Å². The number of rotatable bonds is 7. The standard InChI is InChI=1S/C14H16ClN3O2S/c1-2-7-18-12(8-10-5-3-4-6-11(10)15)16-17-14(18)21-9-13(19)20/h3-6H,2,7-9H2,1H3,(H,19,20). The van der Waals surface area contributed by atoms with Crippen LogP contribution in [0.5, 0.6) is 0 Å². The molecule has 0 atom stereocenters. The fourth-order valence-corrected chi connectivity index (χ4v) is 2.85. The zero-order chi connectivity index (χ0) is 15.2. The van der Waals surface area contributed by atoms with Crippen molar-refractivity contribution in [2.75, 3.05) is 5.75 Å². The fraction of sp³-hybridized carbons (Fsp3) is 0.357. The zero-order valence-corrected chi connectivity index (χ0v) is 13.2. The first-order chi connectivity index (χ1) is 10.1. The molecule has 1 heterocycles.